The SMILES string of the molecule is COc1ccc(C2OCCCC2CCl)c2ccccc12. The minimum atomic E-state index is 0.0945. The van der Waals surface area contributed by atoms with E-state index in [1.807, 2.05) is 12.1 Å². The zero-order valence-corrected chi connectivity index (χ0v) is 12.4. The van der Waals surface area contributed by atoms with Gasteiger partial charge in [0.25, 0.3) is 0 Å². The summed E-state index contributed by atoms with van der Waals surface area (Å²) >= 11 is 6.13. The van der Waals surface area contributed by atoms with Crippen molar-refractivity contribution in [3.05, 3.63) is 42.0 Å². The smallest absolute Gasteiger partial charge is 0.126 e. The molecule has 3 rings (SSSR count). The molecule has 2 aromatic rings. The number of rotatable bonds is 3. The molecular formula is C17H19ClO2. The molecular weight excluding hydrogens is 272 g/mol. The van der Waals surface area contributed by atoms with E-state index in [1.165, 1.54) is 10.9 Å². The maximum Gasteiger partial charge on any atom is 0.126 e. The van der Waals surface area contributed by atoms with Crippen LogP contribution in [0.2, 0.25) is 0 Å². The summed E-state index contributed by atoms with van der Waals surface area (Å²) in [6.45, 7) is 0.818. The van der Waals surface area contributed by atoms with Crippen LogP contribution < -0.4 is 4.74 Å². The molecule has 1 heterocycles. The lowest BCUT2D eigenvalue weighted by Crippen LogP contribution is -2.24. The molecule has 106 valence electrons. The van der Waals surface area contributed by atoms with Gasteiger partial charge in [-0.2, -0.15) is 0 Å². The average molecular weight is 291 g/mol. The van der Waals surface area contributed by atoms with E-state index in [1.54, 1.807) is 7.11 Å². The summed E-state index contributed by atoms with van der Waals surface area (Å²) in [4.78, 5) is 0. The van der Waals surface area contributed by atoms with E-state index in [9.17, 15) is 0 Å². The third-order valence-corrected chi connectivity index (χ3v) is 4.48. The topological polar surface area (TPSA) is 18.5 Å². The van der Waals surface area contributed by atoms with Crippen LogP contribution >= 0.6 is 11.6 Å². The van der Waals surface area contributed by atoms with Gasteiger partial charge in [-0.05, 0) is 29.9 Å². The number of methoxy groups -OCH3 is 1. The van der Waals surface area contributed by atoms with Gasteiger partial charge < -0.3 is 9.47 Å². The zero-order valence-electron chi connectivity index (χ0n) is 11.6. The molecule has 0 spiro atoms. The Hall–Kier alpha value is -1.25. The first-order chi connectivity index (χ1) is 9.85. The lowest BCUT2D eigenvalue weighted by Gasteiger charge is -2.31. The first kappa shape index (κ1) is 13.7. The van der Waals surface area contributed by atoms with Crippen molar-refractivity contribution in [2.75, 3.05) is 19.6 Å². The molecule has 0 bridgehead atoms. The molecule has 0 saturated carbocycles. The number of fused-ring (bicyclic) bond motifs is 1. The molecule has 1 fully saturated rings. The molecule has 0 aromatic heterocycles. The van der Waals surface area contributed by atoms with Crippen molar-refractivity contribution in [1.82, 2.24) is 0 Å². The summed E-state index contributed by atoms with van der Waals surface area (Å²) in [5.74, 6) is 1.94. The second-order valence-corrected chi connectivity index (χ2v) is 5.56. The Morgan fingerprint density at radius 2 is 2.00 bits per heavy atom. The molecule has 20 heavy (non-hydrogen) atoms. The molecule has 0 aliphatic carbocycles. The lowest BCUT2D eigenvalue weighted by atomic mass is 9.88. The second-order valence-electron chi connectivity index (χ2n) is 5.25. The van der Waals surface area contributed by atoms with Crippen molar-refractivity contribution in [3.8, 4) is 5.75 Å². The van der Waals surface area contributed by atoms with Crippen LogP contribution in [0.3, 0.4) is 0 Å². The van der Waals surface area contributed by atoms with Gasteiger partial charge in [-0.3, -0.25) is 0 Å². The lowest BCUT2D eigenvalue weighted by molar-refractivity contribution is -0.0199. The number of benzene rings is 2. The number of hydrogen-bond acceptors (Lipinski definition) is 2. The van der Waals surface area contributed by atoms with Crippen LogP contribution in [0.5, 0.6) is 5.75 Å². The third kappa shape index (κ3) is 2.38. The Balaban J connectivity index is 2.11. The Kier molecular flexibility index (Phi) is 4.13. The van der Waals surface area contributed by atoms with Gasteiger partial charge in [0, 0.05) is 23.8 Å². The van der Waals surface area contributed by atoms with Crippen molar-refractivity contribution in [3.63, 3.8) is 0 Å². The van der Waals surface area contributed by atoms with Crippen molar-refractivity contribution >= 4 is 22.4 Å². The van der Waals surface area contributed by atoms with E-state index in [-0.39, 0.29) is 6.10 Å². The highest BCUT2D eigenvalue weighted by Gasteiger charge is 2.28. The first-order valence-electron chi connectivity index (χ1n) is 7.08. The summed E-state index contributed by atoms with van der Waals surface area (Å²) in [5, 5.41) is 2.34. The molecule has 2 unspecified atom stereocenters. The van der Waals surface area contributed by atoms with E-state index in [0.717, 1.165) is 30.6 Å². The Morgan fingerprint density at radius 3 is 2.75 bits per heavy atom. The van der Waals surface area contributed by atoms with Crippen LogP contribution in [0.15, 0.2) is 36.4 Å². The van der Waals surface area contributed by atoms with Crippen LogP contribution in [-0.2, 0) is 4.74 Å². The van der Waals surface area contributed by atoms with Gasteiger partial charge in [0.2, 0.25) is 0 Å². The summed E-state index contributed by atoms with van der Waals surface area (Å²) < 4.78 is 11.5. The predicted octanol–water partition coefficient (Wildman–Crippen LogP) is 4.55. The van der Waals surface area contributed by atoms with Gasteiger partial charge in [0.05, 0.1) is 13.2 Å². The maximum atomic E-state index is 6.13. The van der Waals surface area contributed by atoms with Crippen molar-refractivity contribution in [2.24, 2.45) is 5.92 Å². The fourth-order valence-electron chi connectivity index (χ4n) is 3.07. The van der Waals surface area contributed by atoms with Gasteiger partial charge in [-0.25, -0.2) is 0 Å². The minimum absolute atomic E-state index is 0.0945. The van der Waals surface area contributed by atoms with Gasteiger partial charge in [0.1, 0.15) is 5.75 Å². The summed E-state index contributed by atoms with van der Waals surface area (Å²) in [5.41, 5.74) is 1.23. The highest BCUT2D eigenvalue weighted by molar-refractivity contribution is 6.18. The van der Waals surface area contributed by atoms with E-state index in [4.69, 9.17) is 21.1 Å². The molecule has 3 heteroatoms. The fourth-order valence-corrected chi connectivity index (χ4v) is 3.38. The quantitative estimate of drug-likeness (QED) is 0.772. The molecule has 1 aliphatic rings. The van der Waals surface area contributed by atoms with Gasteiger partial charge in [0.15, 0.2) is 0 Å². The molecule has 2 nitrogen and oxygen atoms in total. The maximum absolute atomic E-state index is 6.13. The monoisotopic (exact) mass is 290 g/mol. The highest BCUT2D eigenvalue weighted by Crippen LogP contribution is 2.39. The molecule has 0 N–H and O–H groups in total. The van der Waals surface area contributed by atoms with Gasteiger partial charge >= 0.3 is 0 Å². The Labute approximate surface area is 124 Å². The van der Waals surface area contributed by atoms with Gasteiger partial charge in [-0.1, -0.05) is 30.3 Å². The van der Waals surface area contributed by atoms with Crippen LogP contribution in [0.4, 0.5) is 0 Å². The molecule has 1 aliphatic heterocycles. The normalized spacial score (nSPS) is 22.9. The number of halogens is 1. The van der Waals surface area contributed by atoms with E-state index < -0.39 is 0 Å². The molecule has 0 amide bonds. The standard InChI is InChI=1S/C17H19ClO2/c1-19-16-9-8-15(13-6-2-3-7-14(13)16)17-12(11-18)5-4-10-20-17/h2-3,6-9,12,17H,4-5,10-11H2,1H3. The van der Waals surface area contributed by atoms with Crippen LogP contribution in [-0.4, -0.2) is 19.6 Å². The molecule has 2 aromatic carbocycles. The second kappa shape index (κ2) is 6.02. The van der Waals surface area contributed by atoms with E-state index in [0.29, 0.717) is 11.8 Å². The van der Waals surface area contributed by atoms with Crippen LogP contribution in [0.1, 0.15) is 24.5 Å². The number of alkyl halides is 1. The summed E-state index contributed by atoms with van der Waals surface area (Å²) in [6.07, 6.45) is 2.33. The van der Waals surface area contributed by atoms with Crippen molar-refractivity contribution in [1.29, 1.82) is 0 Å². The number of ether oxygens (including phenoxy) is 2. The van der Waals surface area contributed by atoms with Gasteiger partial charge in [-0.15, -0.1) is 11.6 Å². The number of hydrogen-bond donors (Lipinski definition) is 0. The van der Waals surface area contributed by atoms with Crippen molar-refractivity contribution < 1.29 is 9.47 Å². The third-order valence-electron chi connectivity index (χ3n) is 4.09. The molecule has 0 radical (unpaired) electrons. The van der Waals surface area contributed by atoms with E-state index in [2.05, 4.69) is 24.3 Å². The predicted molar refractivity (Wildman–Crippen MR) is 82.6 cm³/mol. The largest absolute Gasteiger partial charge is 0.496 e. The van der Waals surface area contributed by atoms with Crippen LogP contribution in [0.25, 0.3) is 10.8 Å². The fraction of sp³-hybridized carbons (Fsp3) is 0.412. The van der Waals surface area contributed by atoms with E-state index >= 15 is 0 Å². The summed E-state index contributed by atoms with van der Waals surface area (Å²) in [6, 6.07) is 12.5. The first-order valence-corrected chi connectivity index (χ1v) is 7.62. The summed E-state index contributed by atoms with van der Waals surface area (Å²) in [7, 11) is 1.71. The molecule has 2 atom stereocenters. The minimum Gasteiger partial charge on any atom is -0.496 e. The van der Waals surface area contributed by atoms with Crippen molar-refractivity contribution in [2.45, 2.75) is 18.9 Å². The Morgan fingerprint density at radius 1 is 1.20 bits per heavy atom. The highest BCUT2D eigenvalue weighted by atomic mass is 35.5. The average Bonchev–Trinajstić information content (AvgIpc) is 2.53. The Bertz CT molecular complexity index is 597. The molecule has 1 saturated heterocycles. The van der Waals surface area contributed by atoms with Crippen LogP contribution in [0, 0.1) is 5.92 Å². The zero-order chi connectivity index (χ0) is 13.9.